The van der Waals surface area contributed by atoms with Gasteiger partial charge in [0.15, 0.2) is 0 Å². The van der Waals surface area contributed by atoms with Gasteiger partial charge >= 0.3 is 0 Å². The molecule has 4 nitrogen and oxygen atoms in total. The maximum absolute atomic E-state index is 11.5. The Morgan fingerprint density at radius 2 is 1.91 bits per heavy atom. The van der Waals surface area contributed by atoms with Crippen LogP contribution in [0.15, 0.2) is 53.4 Å². The molecule has 0 aromatic heterocycles. The highest BCUT2D eigenvalue weighted by molar-refractivity contribution is 7.89. The second kappa shape index (κ2) is 7.24. The number of nitrogens with one attached hydrogen (secondary N) is 1. The maximum Gasteiger partial charge on any atom is 0.238 e. The maximum atomic E-state index is 11.5. The van der Waals surface area contributed by atoms with E-state index in [4.69, 9.17) is 16.7 Å². The molecule has 0 saturated heterocycles. The first-order valence-electron chi connectivity index (χ1n) is 7.00. The fraction of sp³-hybridized carbons (Fsp3) is 0.250. The summed E-state index contributed by atoms with van der Waals surface area (Å²) in [6.45, 7) is 2.69. The highest BCUT2D eigenvalue weighted by Crippen LogP contribution is 2.20. The van der Waals surface area contributed by atoms with Crippen LogP contribution < -0.4 is 10.5 Å². The number of benzene rings is 2. The Balaban J connectivity index is 2.15. The summed E-state index contributed by atoms with van der Waals surface area (Å²) in [7, 11) is -3.69. The summed E-state index contributed by atoms with van der Waals surface area (Å²) in [4.78, 5) is 0.132. The lowest BCUT2D eigenvalue weighted by Crippen LogP contribution is -2.21. The van der Waals surface area contributed by atoms with Crippen molar-refractivity contribution in [1.82, 2.24) is 5.32 Å². The lowest BCUT2D eigenvalue weighted by Gasteiger charge is -2.18. The standard InChI is InChI=1S/C16H19ClN2O2S/c1-2-16(19-11-12-5-3-7-14(17)9-12)13-6-4-8-15(10-13)22(18,20)21/h3-10,16,19H,2,11H2,1H3,(H2,18,20,21)/t16-/m1/s1. The Kier molecular flexibility index (Phi) is 5.58. The van der Waals surface area contributed by atoms with Crippen LogP contribution >= 0.6 is 11.6 Å². The van der Waals surface area contributed by atoms with Crippen molar-refractivity contribution in [1.29, 1.82) is 0 Å². The SMILES string of the molecule is CC[C@@H](NCc1cccc(Cl)c1)c1cccc(S(N)(=O)=O)c1. The fourth-order valence-electron chi connectivity index (χ4n) is 2.29. The van der Waals surface area contributed by atoms with Crippen molar-refractivity contribution in [3.8, 4) is 0 Å². The van der Waals surface area contributed by atoms with Crippen LogP contribution in [0.25, 0.3) is 0 Å². The third kappa shape index (κ3) is 4.55. The van der Waals surface area contributed by atoms with E-state index in [1.165, 1.54) is 6.07 Å². The Morgan fingerprint density at radius 3 is 2.55 bits per heavy atom. The zero-order valence-corrected chi connectivity index (χ0v) is 13.9. The topological polar surface area (TPSA) is 72.2 Å². The summed E-state index contributed by atoms with van der Waals surface area (Å²) < 4.78 is 22.9. The van der Waals surface area contributed by atoms with Gasteiger partial charge in [-0.1, -0.05) is 42.8 Å². The van der Waals surface area contributed by atoms with Gasteiger partial charge < -0.3 is 5.32 Å². The Morgan fingerprint density at radius 1 is 1.18 bits per heavy atom. The molecule has 0 aliphatic carbocycles. The van der Waals surface area contributed by atoms with E-state index >= 15 is 0 Å². The van der Waals surface area contributed by atoms with E-state index in [1.807, 2.05) is 37.3 Å². The number of rotatable bonds is 6. The van der Waals surface area contributed by atoms with E-state index < -0.39 is 10.0 Å². The molecule has 0 heterocycles. The highest BCUT2D eigenvalue weighted by atomic mass is 35.5. The molecule has 0 radical (unpaired) electrons. The number of nitrogens with two attached hydrogens (primary N) is 1. The second-order valence-corrected chi connectivity index (χ2v) is 7.09. The average Bonchev–Trinajstić information content (AvgIpc) is 2.47. The predicted octanol–water partition coefficient (Wildman–Crippen LogP) is 3.23. The van der Waals surface area contributed by atoms with E-state index in [-0.39, 0.29) is 10.9 Å². The normalized spacial score (nSPS) is 13.0. The molecule has 2 aromatic carbocycles. The molecule has 2 rings (SSSR count). The van der Waals surface area contributed by atoms with Crippen LogP contribution in [0.2, 0.25) is 5.02 Å². The zero-order valence-electron chi connectivity index (χ0n) is 12.3. The first-order chi connectivity index (χ1) is 10.4. The van der Waals surface area contributed by atoms with Crippen molar-refractivity contribution in [3.05, 3.63) is 64.7 Å². The molecule has 22 heavy (non-hydrogen) atoms. The van der Waals surface area contributed by atoms with Gasteiger partial charge in [0, 0.05) is 17.6 Å². The summed E-state index contributed by atoms with van der Waals surface area (Å²) in [5, 5.41) is 9.30. The zero-order chi connectivity index (χ0) is 16.2. The van der Waals surface area contributed by atoms with Crippen LogP contribution in [0.4, 0.5) is 0 Å². The molecule has 1 atom stereocenters. The van der Waals surface area contributed by atoms with Crippen molar-refractivity contribution < 1.29 is 8.42 Å². The van der Waals surface area contributed by atoms with Crippen molar-refractivity contribution in [2.24, 2.45) is 5.14 Å². The molecule has 0 spiro atoms. The highest BCUT2D eigenvalue weighted by Gasteiger charge is 2.13. The molecular formula is C16H19ClN2O2S. The van der Waals surface area contributed by atoms with Gasteiger partial charge in [-0.2, -0.15) is 0 Å². The van der Waals surface area contributed by atoms with E-state index in [0.717, 1.165) is 17.5 Å². The summed E-state index contributed by atoms with van der Waals surface area (Å²) >= 11 is 5.97. The van der Waals surface area contributed by atoms with Gasteiger partial charge in [0.05, 0.1) is 4.90 Å². The molecule has 3 N–H and O–H groups in total. The molecule has 118 valence electrons. The van der Waals surface area contributed by atoms with E-state index in [0.29, 0.717) is 11.6 Å². The molecule has 2 aromatic rings. The van der Waals surface area contributed by atoms with Crippen LogP contribution in [-0.2, 0) is 16.6 Å². The van der Waals surface area contributed by atoms with E-state index in [2.05, 4.69) is 5.32 Å². The molecule has 0 fully saturated rings. The summed E-state index contributed by atoms with van der Waals surface area (Å²) in [6.07, 6.45) is 0.828. The Bertz CT molecular complexity index is 747. The van der Waals surface area contributed by atoms with Crippen LogP contribution in [-0.4, -0.2) is 8.42 Å². The van der Waals surface area contributed by atoms with Gasteiger partial charge in [-0.05, 0) is 41.8 Å². The summed E-state index contributed by atoms with van der Waals surface area (Å²) in [6, 6.07) is 14.4. The molecular weight excluding hydrogens is 320 g/mol. The first kappa shape index (κ1) is 17.0. The van der Waals surface area contributed by atoms with Gasteiger partial charge in [-0.25, -0.2) is 13.6 Å². The largest absolute Gasteiger partial charge is 0.306 e. The van der Waals surface area contributed by atoms with Gasteiger partial charge in [0.1, 0.15) is 0 Å². The third-order valence-electron chi connectivity index (χ3n) is 3.44. The molecule has 6 heteroatoms. The number of hydrogen-bond donors (Lipinski definition) is 2. The predicted molar refractivity (Wildman–Crippen MR) is 89.1 cm³/mol. The fourth-order valence-corrected chi connectivity index (χ4v) is 3.08. The number of primary sulfonamides is 1. The summed E-state index contributed by atoms with van der Waals surface area (Å²) in [5.74, 6) is 0. The van der Waals surface area contributed by atoms with Gasteiger partial charge in [-0.15, -0.1) is 0 Å². The summed E-state index contributed by atoms with van der Waals surface area (Å²) in [5.41, 5.74) is 1.98. The minimum absolute atomic E-state index is 0.0423. The lowest BCUT2D eigenvalue weighted by molar-refractivity contribution is 0.518. The first-order valence-corrected chi connectivity index (χ1v) is 8.93. The van der Waals surface area contributed by atoms with Gasteiger partial charge in [0.2, 0.25) is 10.0 Å². The van der Waals surface area contributed by atoms with Crippen molar-refractivity contribution >= 4 is 21.6 Å². The smallest absolute Gasteiger partial charge is 0.238 e. The van der Waals surface area contributed by atoms with Crippen LogP contribution in [0.5, 0.6) is 0 Å². The van der Waals surface area contributed by atoms with Crippen LogP contribution in [0.1, 0.15) is 30.5 Å². The lowest BCUT2D eigenvalue weighted by atomic mass is 10.0. The van der Waals surface area contributed by atoms with Crippen molar-refractivity contribution in [2.75, 3.05) is 0 Å². The monoisotopic (exact) mass is 338 g/mol. The Hall–Kier alpha value is -1.40. The van der Waals surface area contributed by atoms with Crippen LogP contribution in [0, 0.1) is 0 Å². The van der Waals surface area contributed by atoms with Crippen molar-refractivity contribution in [3.63, 3.8) is 0 Å². The van der Waals surface area contributed by atoms with Crippen LogP contribution in [0.3, 0.4) is 0 Å². The minimum Gasteiger partial charge on any atom is -0.306 e. The molecule has 0 saturated carbocycles. The third-order valence-corrected chi connectivity index (χ3v) is 4.58. The number of hydrogen-bond acceptors (Lipinski definition) is 3. The van der Waals surface area contributed by atoms with Gasteiger partial charge in [-0.3, -0.25) is 0 Å². The Labute approximate surface area is 136 Å². The number of sulfonamides is 1. The van der Waals surface area contributed by atoms with E-state index in [1.54, 1.807) is 12.1 Å². The quantitative estimate of drug-likeness (QED) is 0.849. The second-order valence-electron chi connectivity index (χ2n) is 5.09. The molecule has 0 bridgehead atoms. The van der Waals surface area contributed by atoms with E-state index in [9.17, 15) is 8.42 Å². The minimum atomic E-state index is -3.69. The molecule has 0 unspecified atom stereocenters. The van der Waals surface area contributed by atoms with Gasteiger partial charge in [0.25, 0.3) is 0 Å². The molecule has 0 aliphatic heterocycles. The van der Waals surface area contributed by atoms with Crippen molar-refractivity contribution in [2.45, 2.75) is 30.8 Å². The average molecular weight is 339 g/mol. The molecule has 0 aliphatic rings. The molecule has 0 amide bonds. The number of halogens is 1.